The molecule has 5 nitrogen and oxygen atoms in total. The van der Waals surface area contributed by atoms with Gasteiger partial charge in [-0.25, -0.2) is 4.98 Å². The number of thiazole rings is 1. The lowest BCUT2D eigenvalue weighted by Crippen LogP contribution is -2.39. The molecule has 3 aromatic rings. The maximum atomic E-state index is 13.0. The second kappa shape index (κ2) is 7.74. The predicted molar refractivity (Wildman–Crippen MR) is 102 cm³/mol. The summed E-state index contributed by atoms with van der Waals surface area (Å²) in [5.74, 6) is 0.136. The summed E-state index contributed by atoms with van der Waals surface area (Å²) in [6.07, 6.45) is 8.93. The summed E-state index contributed by atoms with van der Waals surface area (Å²) in [6.45, 7) is 0.801. The Morgan fingerprint density at radius 2 is 2.15 bits per heavy atom. The van der Waals surface area contributed by atoms with Crippen molar-refractivity contribution < 1.29 is 4.79 Å². The minimum Gasteiger partial charge on any atom is -0.335 e. The van der Waals surface area contributed by atoms with Crippen LogP contribution in [0.15, 0.2) is 54.3 Å². The van der Waals surface area contributed by atoms with Crippen molar-refractivity contribution >= 4 is 17.2 Å². The molecule has 3 aromatic heterocycles. The fourth-order valence-electron chi connectivity index (χ4n) is 3.40. The summed E-state index contributed by atoms with van der Waals surface area (Å²) in [5.41, 5.74) is 2.78. The zero-order valence-corrected chi connectivity index (χ0v) is 15.2. The Morgan fingerprint density at radius 3 is 2.96 bits per heavy atom. The van der Waals surface area contributed by atoms with Crippen LogP contribution in [0.5, 0.6) is 0 Å². The van der Waals surface area contributed by atoms with Crippen LogP contribution in [0.1, 0.15) is 36.6 Å². The summed E-state index contributed by atoms with van der Waals surface area (Å²) in [4.78, 5) is 28.1. The lowest BCUT2D eigenvalue weighted by Gasteiger charge is -2.36. The summed E-state index contributed by atoms with van der Waals surface area (Å²) in [7, 11) is 0. The standard InChI is InChI=1S/C20H20N4OS/c25-19(12-16-14-26-20(23-16)17-7-1-3-10-22-17)24-11-4-2-8-18(24)15-6-5-9-21-13-15/h1,3,5-7,9-10,13-14,18H,2,4,8,11-12H2/t18-/m0/s1. The van der Waals surface area contributed by atoms with Crippen molar-refractivity contribution in [3.8, 4) is 10.7 Å². The van der Waals surface area contributed by atoms with Gasteiger partial charge in [0.15, 0.2) is 0 Å². The molecule has 1 saturated heterocycles. The number of rotatable bonds is 4. The molecule has 4 rings (SSSR count). The van der Waals surface area contributed by atoms with Crippen LogP contribution < -0.4 is 0 Å². The highest BCUT2D eigenvalue weighted by molar-refractivity contribution is 7.13. The molecule has 26 heavy (non-hydrogen) atoms. The second-order valence-corrected chi connectivity index (χ2v) is 7.28. The maximum Gasteiger partial charge on any atom is 0.229 e. The van der Waals surface area contributed by atoms with Gasteiger partial charge in [0.25, 0.3) is 0 Å². The first kappa shape index (κ1) is 16.8. The molecular formula is C20H20N4OS. The Bertz CT molecular complexity index is 866. The number of hydrogen-bond donors (Lipinski definition) is 0. The third-order valence-corrected chi connectivity index (χ3v) is 5.57. The third-order valence-electron chi connectivity index (χ3n) is 4.66. The van der Waals surface area contributed by atoms with Crippen LogP contribution in [0, 0.1) is 0 Å². The van der Waals surface area contributed by atoms with E-state index in [1.807, 2.05) is 40.7 Å². The molecule has 0 unspecified atom stereocenters. The van der Waals surface area contributed by atoms with Crippen molar-refractivity contribution in [3.05, 3.63) is 65.6 Å². The fourth-order valence-corrected chi connectivity index (χ4v) is 4.20. The first-order valence-corrected chi connectivity index (χ1v) is 9.74. The van der Waals surface area contributed by atoms with Crippen LogP contribution in [0.2, 0.25) is 0 Å². The van der Waals surface area contributed by atoms with E-state index >= 15 is 0 Å². The van der Waals surface area contributed by atoms with Gasteiger partial charge in [-0.05, 0) is 43.0 Å². The summed E-state index contributed by atoms with van der Waals surface area (Å²) < 4.78 is 0. The topological polar surface area (TPSA) is 59.0 Å². The van der Waals surface area contributed by atoms with Crippen LogP contribution in [0.4, 0.5) is 0 Å². The van der Waals surface area contributed by atoms with Gasteiger partial charge >= 0.3 is 0 Å². The van der Waals surface area contributed by atoms with Gasteiger partial charge in [0.1, 0.15) is 5.01 Å². The number of nitrogens with zero attached hydrogens (tertiary/aromatic N) is 4. The Labute approximate surface area is 156 Å². The minimum atomic E-state index is 0.124. The van der Waals surface area contributed by atoms with Crippen LogP contribution in [0.3, 0.4) is 0 Å². The van der Waals surface area contributed by atoms with Gasteiger partial charge in [0.05, 0.1) is 23.9 Å². The van der Waals surface area contributed by atoms with E-state index < -0.39 is 0 Å². The first-order valence-electron chi connectivity index (χ1n) is 8.86. The molecule has 1 aliphatic rings. The number of hydrogen-bond acceptors (Lipinski definition) is 5. The Morgan fingerprint density at radius 1 is 1.19 bits per heavy atom. The molecule has 1 atom stereocenters. The van der Waals surface area contributed by atoms with E-state index in [2.05, 4.69) is 21.0 Å². The molecule has 0 bridgehead atoms. The van der Waals surface area contributed by atoms with Crippen LogP contribution >= 0.6 is 11.3 Å². The largest absolute Gasteiger partial charge is 0.335 e. The highest BCUT2D eigenvalue weighted by Crippen LogP contribution is 2.31. The Hall–Kier alpha value is -2.60. The fraction of sp³-hybridized carbons (Fsp3) is 0.300. The molecule has 1 aliphatic heterocycles. The number of likely N-dealkylation sites (tertiary alicyclic amines) is 1. The van der Waals surface area contributed by atoms with Gasteiger partial charge < -0.3 is 4.90 Å². The molecule has 0 spiro atoms. The van der Waals surface area contributed by atoms with Crippen molar-refractivity contribution in [3.63, 3.8) is 0 Å². The van der Waals surface area contributed by atoms with Gasteiger partial charge in [0.2, 0.25) is 5.91 Å². The lowest BCUT2D eigenvalue weighted by atomic mass is 9.96. The number of amides is 1. The maximum absolute atomic E-state index is 13.0. The minimum absolute atomic E-state index is 0.124. The zero-order valence-electron chi connectivity index (χ0n) is 14.4. The Balaban J connectivity index is 1.49. The smallest absolute Gasteiger partial charge is 0.229 e. The summed E-state index contributed by atoms with van der Waals surface area (Å²) in [6, 6.07) is 9.89. The number of carbonyl (C=O) groups excluding carboxylic acids is 1. The average Bonchev–Trinajstić information content (AvgIpc) is 3.18. The Kier molecular flexibility index (Phi) is 5.02. The van der Waals surface area contributed by atoms with Crippen LogP contribution in [-0.4, -0.2) is 32.3 Å². The summed E-state index contributed by atoms with van der Waals surface area (Å²) >= 11 is 1.53. The van der Waals surface area contributed by atoms with Crippen molar-refractivity contribution in [2.24, 2.45) is 0 Å². The average molecular weight is 364 g/mol. The molecule has 6 heteroatoms. The SMILES string of the molecule is O=C(Cc1csc(-c2ccccn2)n1)N1CCCC[C@H]1c1cccnc1. The molecule has 0 radical (unpaired) electrons. The van der Waals surface area contributed by atoms with E-state index in [0.29, 0.717) is 6.42 Å². The van der Waals surface area contributed by atoms with Crippen LogP contribution in [0.25, 0.3) is 10.7 Å². The lowest BCUT2D eigenvalue weighted by molar-refractivity contribution is -0.134. The molecule has 0 aromatic carbocycles. The van der Waals surface area contributed by atoms with Gasteiger partial charge in [0, 0.05) is 30.5 Å². The highest BCUT2D eigenvalue weighted by Gasteiger charge is 2.28. The second-order valence-electron chi connectivity index (χ2n) is 6.42. The molecule has 132 valence electrons. The molecular weight excluding hydrogens is 344 g/mol. The normalized spacial score (nSPS) is 17.2. The van der Waals surface area contributed by atoms with Crippen LogP contribution in [-0.2, 0) is 11.2 Å². The van der Waals surface area contributed by atoms with E-state index in [-0.39, 0.29) is 11.9 Å². The number of pyridine rings is 2. The molecule has 1 fully saturated rings. The zero-order chi connectivity index (χ0) is 17.8. The quantitative estimate of drug-likeness (QED) is 0.704. The monoisotopic (exact) mass is 364 g/mol. The van der Waals surface area contributed by atoms with E-state index in [9.17, 15) is 4.79 Å². The van der Waals surface area contributed by atoms with E-state index in [1.54, 1.807) is 12.4 Å². The number of aromatic nitrogens is 3. The summed E-state index contributed by atoms with van der Waals surface area (Å²) in [5, 5.41) is 2.82. The first-order chi connectivity index (χ1) is 12.8. The van der Waals surface area contributed by atoms with Gasteiger partial charge in [-0.15, -0.1) is 11.3 Å². The molecule has 4 heterocycles. The van der Waals surface area contributed by atoms with Gasteiger partial charge in [-0.2, -0.15) is 0 Å². The molecule has 0 N–H and O–H groups in total. The van der Waals surface area contributed by atoms with Crippen molar-refractivity contribution in [2.75, 3.05) is 6.54 Å². The molecule has 1 amide bonds. The van der Waals surface area contributed by atoms with Crippen molar-refractivity contribution in [1.29, 1.82) is 0 Å². The van der Waals surface area contributed by atoms with Gasteiger partial charge in [-0.1, -0.05) is 12.1 Å². The number of carbonyl (C=O) groups is 1. The van der Waals surface area contributed by atoms with Gasteiger partial charge in [-0.3, -0.25) is 14.8 Å². The molecule has 0 aliphatic carbocycles. The molecule has 0 saturated carbocycles. The number of piperidine rings is 1. The predicted octanol–water partition coefficient (Wildman–Crippen LogP) is 3.90. The van der Waals surface area contributed by atoms with E-state index in [1.165, 1.54) is 11.3 Å². The van der Waals surface area contributed by atoms with E-state index in [0.717, 1.165) is 47.8 Å². The van der Waals surface area contributed by atoms with Crippen molar-refractivity contribution in [1.82, 2.24) is 19.9 Å². The highest BCUT2D eigenvalue weighted by atomic mass is 32.1. The van der Waals surface area contributed by atoms with Crippen molar-refractivity contribution in [2.45, 2.75) is 31.7 Å². The third kappa shape index (κ3) is 3.65. The van der Waals surface area contributed by atoms with E-state index in [4.69, 9.17) is 0 Å².